The smallest absolute Gasteiger partial charge is 0.221 e. The van der Waals surface area contributed by atoms with Crippen molar-refractivity contribution in [3.05, 3.63) is 47.9 Å². The number of amides is 1. The molecule has 0 radical (unpaired) electrons. The van der Waals surface area contributed by atoms with E-state index in [-0.39, 0.29) is 18.0 Å². The Morgan fingerprint density at radius 2 is 2.08 bits per heavy atom. The van der Waals surface area contributed by atoms with Crippen LogP contribution < -0.4 is 15.4 Å². The molecule has 0 spiro atoms. The number of benzene rings is 1. The van der Waals surface area contributed by atoms with Crippen LogP contribution in [0.15, 0.2) is 41.0 Å². The molecule has 0 bridgehead atoms. The lowest BCUT2D eigenvalue weighted by Crippen LogP contribution is -2.30. The predicted octanol–water partition coefficient (Wildman–Crippen LogP) is 3.41. The fourth-order valence-electron chi connectivity index (χ4n) is 2.81. The van der Waals surface area contributed by atoms with Gasteiger partial charge in [0, 0.05) is 19.0 Å². The average molecular weight is 346 g/mol. The number of aliphatic hydroxyl groups is 1. The van der Waals surface area contributed by atoms with E-state index in [1.807, 2.05) is 32.0 Å². The first-order valence-electron chi connectivity index (χ1n) is 8.33. The number of rotatable bonds is 8. The Bertz CT molecular complexity index is 685. The minimum Gasteiger partial charge on any atom is -0.495 e. The van der Waals surface area contributed by atoms with Gasteiger partial charge < -0.3 is 24.9 Å². The quantitative estimate of drug-likeness (QED) is 0.682. The zero-order valence-electron chi connectivity index (χ0n) is 15.1. The molecule has 3 atom stereocenters. The third kappa shape index (κ3) is 5.34. The highest BCUT2D eigenvalue weighted by Gasteiger charge is 2.17. The number of methoxy groups -OCH3 is 1. The van der Waals surface area contributed by atoms with E-state index in [2.05, 4.69) is 10.6 Å². The zero-order chi connectivity index (χ0) is 18.4. The summed E-state index contributed by atoms with van der Waals surface area (Å²) in [6, 6.07) is 9.33. The van der Waals surface area contributed by atoms with Crippen LogP contribution in [0.25, 0.3) is 0 Å². The lowest BCUT2D eigenvalue weighted by molar-refractivity contribution is -0.114. The van der Waals surface area contributed by atoms with Crippen LogP contribution in [-0.2, 0) is 4.79 Å². The standard InChI is InChI=1S/C19H26N2O4/c1-12(10-17(23)19-6-5-9-25-19)20-13(2)15-7-8-18(24-4)16(11-15)21-14(3)22/h5-9,11-13,17,20,23H,10H2,1-4H3,(H,21,22). The van der Waals surface area contributed by atoms with Gasteiger partial charge in [0.1, 0.15) is 17.6 Å². The molecule has 1 aromatic heterocycles. The van der Waals surface area contributed by atoms with Crippen molar-refractivity contribution in [2.75, 3.05) is 12.4 Å². The molecule has 0 aliphatic rings. The first kappa shape index (κ1) is 19.0. The van der Waals surface area contributed by atoms with E-state index in [0.29, 0.717) is 23.6 Å². The van der Waals surface area contributed by atoms with E-state index in [1.54, 1.807) is 25.5 Å². The normalized spacial score (nSPS) is 14.6. The second kappa shape index (κ2) is 8.69. The molecule has 0 saturated carbocycles. The van der Waals surface area contributed by atoms with Crippen molar-refractivity contribution < 1.29 is 19.1 Å². The minimum absolute atomic E-state index is 0.0391. The molecular formula is C19H26N2O4. The first-order chi connectivity index (χ1) is 11.9. The van der Waals surface area contributed by atoms with Gasteiger partial charge in [-0.25, -0.2) is 0 Å². The summed E-state index contributed by atoms with van der Waals surface area (Å²) in [7, 11) is 1.57. The van der Waals surface area contributed by atoms with Gasteiger partial charge in [0.05, 0.1) is 19.1 Å². The van der Waals surface area contributed by atoms with Crippen LogP contribution in [0, 0.1) is 0 Å². The number of ether oxygens (including phenoxy) is 1. The fourth-order valence-corrected chi connectivity index (χ4v) is 2.81. The highest BCUT2D eigenvalue weighted by atomic mass is 16.5. The SMILES string of the molecule is COc1ccc(C(C)NC(C)CC(O)c2ccco2)cc1NC(C)=O. The number of aliphatic hydroxyl groups excluding tert-OH is 1. The fraction of sp³-hybridized carbons (Fsp3) is 0.421. The van der Waals surface area contributed by atoms with E-state index < -0.39 is 6.10 Å². The largest absolute Gasteiger partial charge is 0.495 e. The predicted molar refractivity (Wildman–Crippen MR) is 96.6 cm³/mol. The number of carbonyl (C=O) groups is 1. The maximum Gasteiger partial charge on any atom is 0.221 e. The molecule has 136 valence electrons. The molecular weight excluding hydrogens is 320 g/mol. The molecule has 6 heteroatoms. The Balaban J connectivity index is 2.01. The molecule has 3 unspecified atom stereocenters. The topological polar surface area (TPSA) is 83.7 Å². The first-order valence-corrected chi connectivity index (χ1v) is 8.33. The van der Waals surface area contributed by atoms with Crippen LogP contribution in [0.2, 0.25) is 0 Å². The molecule has 0 aliphatic heterocycles. The third-order valence-corrected chi connectivity index (χ3v) is 4.02. The maximum absolute atomic E-state index is 11.4. The second-order valence-electron chi connectivity index (χ2n) is 6.20. The van der Waals surface area contributed by atoms with Crippen molar-refractivity contribution in [1.82, 2.24) is 5.32 Å². The van der Waals surface area contributed by atoms with Gasteiger partial charge in [0.15, 0.2) is 0 Å². The van der Waals surface area contributed by atoms with E-state index in [0.717, 1.165) is 5.56 Å². The van der Waals surface area contributed by atoms with Gasteiger partial charge in [-0.3, -0.25) is 4.79 Å². The highest BCUT2D eigenvalue weighted by Crippen LogP contribution is 2.28. The molecule has 1 heterocycles. The Morgan fingerprint density at radius 3 is 2.68 bits per heavy atom. The van der Waals surface area contributed by atoms with E-state index >= 15 is 0 Å². The van der Waals surface area contributed by atoms with E-state index in [4.69, 9.17) is 9.15 Å². The summed E-state index contributed by atoms with van der Waals surface area (Å²) in [6.07, 6.45) is 1.45. The Labute approximate surface area is 148 Å². The van der Waals surface area contributed by atoms with Crippen LogP contribution in [0.3, 0.4) is 0 Å². The lowest BCUT2D eigenvalue weighted by Gasteiger charge is -2.23. The van der Waals surface area contributed by atoms with E-state index in [9.17, 15) is 9.90 Å². The average Bonchev–Trinajstić information content (AvgIpc) is 3.08. The maximum atomic E-state index is 11.4. The summed E-state index contributed by atoms with van der Waals surface area (Å²) < 4.78 is 10.5. The molecule has 2 rings (SSSR count). The Hall–Kier alpha value is -2.31. The van der Waals surface area contributed by atoms with Gasteiger partial charge in [-0.2, -0.15) is 0 Å². The van der Waals surface area contributed by atoms with Crippen LogP contribution in [0.4, 0.5) is 5.69 Å². The van der Waals surface area contributed by atoms with Crippen molar-refractivity contribution in [1.29, 1.82) is 0 Å². The van der Waals surface area contributed by atoms with Gasteiger partial charge in [0.2, 0.25) is 5.91 Å². The van der Waals surface area contributed by atoms with Crippen LogP contribution in [0.5, 0.6) is 5.75 Å². The molecule has 25 heavy (non-hydrogen) atoms. The highest BCUT2D eigenvalue weighted by molar-refractivity contribution is 5.90. The van der Waals surface area contributed by atoms with Crippen LogP contribution in [0.1, 0.15) is 50.7 Å². The molecule has 6 nitrogen and oxygen atoms in total. The molecule has 0 aliphatic carbocycles. The van der Waals surface area contributed by atoms with E-state index in [1.165, 1.54) is 6.92 Å². The third-order valence-electron chi connectivity index (χ3n) is 4.02. The van der Waals surface area contributed by atoms with Crippen molar-refractivity contribution >= 4 is 11.6 Å². The van der Waals surface area contributed by atoms with Crippen molar-refractivity contribution in [2.45, 2.75) is 45.4 Å². The number of furan rings is 1. The molecule has 0 fully saturated rings. The minimum atomic E-state index is -0.643. The monoisotopic (exact) mass is 346 g/mol. The second-order valence-corrected chi connectivity index (χ2v) is 6.20. The Morgan fingerprint density at radius 1 is 1.32 bits per heavy atom. The van der Waals surface area contributed by atoms with Crippen molar-refractivity contribution in [3.63, 3.8) is 0 Å². The number of nitrogens with one attached hydrogen (secondary N) is 2. The molecule has 0 saturated heterocycles. The zero-order valence-corrected chi connectivity index (χ0v) is 15.1. The number of hydrogen-bond donors (Lipinski definition) is 3. The summed E-state index contributed by atoms with van der Waals surface area (Å²) in [5, 5.41) is 16.4. The van der Waals surface area contributed by atoms with Gasteiger partial charge in [0.25, 0.3) is 0 Å². The molecule has 3 N–H and O–H groups in total. The summed E-state index contributed by atoms with van der Waals surface area (Å²) >= 11 is 0. The molecule has 1 aromatic carbocycles. The van der Waals surface area contributed by atoms with Crippen molar-refractivity contribution in [2.24, 2.45) is 0 Å². The number of hydrogen-bond acceptors (Lipinski definition) is 5. The molecule has 1 amide bonds. The lowest BCUT2D eigenvalue weighted by atomic mass is 10.0. The summed E-state index contributed by atoms with van der Waals surface area (Å²) in [5.74, 6) is 1.04. The van der Waals surface area contributed by atoms with Gasteiger partial charge >= 0.3 is 0 Å². The van der Waals surface area contributed by atoms with Gasteiger partial charge in [-0.15, -0.1) is 0 Å². The summed E-state index contributed by atoms with van der Waals surface area (Å²) in [6.45, 7) is 5.52. The molecule has 2 aromatic rings. The Kier molecular flexibility index (Phi) is 6.61. The summed E-state index contributed by atoms with van der Waals surface area (Å²) in [5.41, 5.74) is 1.66. The summed E-state index contributed by atoms with van der Waals surface area (Å²) in [4.78, 5) is 11.4. The number of anilines is 1. The van der Waals surface area contributed by atoms with Crippen molar-refractivity contribution in [3.8, 4) is 5.75 Å². The van der Waals surface area contributed by atoms with Gasteiger partial charge in [-0.05, 0) is 50.1 Å². The van der Waals surface area contributed by atoms with Crippen LogP contribution in [-0.4, -0.2) is 24.2 Å². The van der Waals surface area contributed by atoms with Crippen LogP contribution >= 0.6 is 0 Å². The number of carbonyl (C=O) groups excluding carboxylic acids is 1. The van der Waals surface area contributed by atoms with Gasteiger partial charge in [-0.1, -0.05) is 6.07 Å².